The standard InChI is InChI=1S/C52H31NS/c1-2-9-32(10-3-1)33-17-19-34(20-18-33)35-21-24-38-42-25-27-48(43-14-8-13-41(52(42)43)44(38)29-35)53-47-15-6-4-11-39(47)45-30-36(22-26-49(45)53)37-23-28-51-46(31-37)40-12-5-7-16-50(40)54-51/h1-31H. The van der Waals surface area contributed by atoms with Crippen LogP contribution in [-0.4, -0.2) is 4.57 Å². The first-order chi connectivity index (χ1) is 26.8. The van der Waals surface area contributed by atoms with Crippen LogP contribution in [0.4, 0.5) is 0 Å². The fourth-order valence-corrected chi connectivity index (χ4v) is 10.1. The van der Waals surface area contributed by atoms with Crippen LogP contribution < -0.4 is 0 Å². The van der Waals surface area contributed by atoms with Crippen molar-refractivity contribution in [2.24, 2.45) is 0 Å². The van der Waals surface area contributed by atoms with Gasteiger partial charge in [0.2, 0.25) is 0 Å². The van der Waals surface area contributed by atoms with E-state index < -0.39 is 0 Å². The maximum atomic E-state index is 2.48. The molecule has 0 radical (unpaired) electrons. The van der Waals surface area contributed by atoms with Gasteiger partial charge >= 0.3 is 0 Å². The summed E-state index contributed by atoms with van der Waals surface area (Å²) in [6.45, 7) is 0. The Labute approximate surface area is 316 Å². The average molecular weight is 702 g/mol. The van der Waals surface area contributed by atoms with Gasteiger partial charge in [-0.1, -0.05) is 140 Å². The SMILES string of the molecule is c1ccc(-c2ccc(-c3ccc4c(c3)-c3cccc5c(-n6c7ccccc7c7cc(-c8ccc9sc%10ccccc%10c9c8)ccc76)ccc-4c35)cc2)cc1. The van der Waals surface area contributed by atoms with Gasteiger partial charge < -0.3 is 4.57 Å². The molecule has 0 unspecified atom stereocenters. The molecular weight excluding hydrogens is 671 g/mol. The molecule has 0 fully saturated rings. The topological polar surface area (TPSA) is 4.93 Å². The molecule has 0 atom stereocenters. The summed E-state index contributed by atoms with van der Waals surface area (Å²) in [6, 6.07) is 69.7. The zero-order chi connectivity index (χ0) is 35.3. The fraction of sp³-hybridized carbons (Fsp3) is 0. The fourth-order valence-electron chi connectivity index (χ4n) is 9.02. The van der Waals surface area contributed by atoms with E-state index in [-0.39, 0.29) is 0 Å². The van der Waals surface area contributed by atoms with Gasteiger partial charge in [-0.3, -0.25) is 0 Å². The summed E-state index contributed by atoms with van der Waals surface area (Å²) in [5, 5.41) is 7.81. The van der Waals surface area contributed by atoms with Crippen molar-refractivity contribution in [3.05, 3.63) is 188 Å². The molecule has 9 aromatic carbocycles. The van der Waals surface area contributed by atoms with Gasteiger partial charge in [0.25, 0.3) is 0 Å². The lowest BCUT2D eigenvalue weighted by Gasteiger charge is -2.13. The number of thiophene rings is 1. The summed E-state index contributed by atoms with van der Waals surface area (Å²) in [4.78, 5) is 0. The Morgan fingerprint density at radius 2 is 0.870 bits per heavy atom. The Hall–Kier alpha value is -6.74. The van der Waals surface area contributed by atoms with E-state index in [1.165, 1.54) is 114 Å². The number of nitrogens with zero attached hydrogens (tertiary/aromatic N) is 1. The van der Waals surface area contributed by atoms with Gasteiger partial charge in [0, 0.05) is 36.3 Å². The van der Waals surface area contributed by atoms with E-state index in [1.807, 2.05) is 11.3 Å². The van der Waals surface area contributed by atoms with Gasteiger partial charge in [-0.2, -0.15) is 0 Å². The zero-order valence-electron chi connectivity index (χ0n) is 29.3. The Morgan fingerprint density at radius 1 is 0.296 bits per heavy atom. The average Bonchev–Trinajstić information content (AvgIpc) is 3.89. The smallest absolute Gasteiger partial charge is 0.0541 e. The summed E-state index contributed by atoms with van der Waals surface area (Å²) in [6.07, 6.45) is 0. The van der Waals surface area contributed by atoms with E-state index in [2.05, 4.69) is 193 Å². The highest BCUT2D eigenvalue weighted by atomic mass is 32.1. The number of aromatic nitrogens is 1. The van der Waals surface area contributed by atoms with Gasteiger partial charge in [-0.25, -0.2) is 0 Å². The number of fused-ring (bicyclic) bond motifs is 9. The Bertz CT molecular complexity index is 3310. The van der Waals surface area contributed by atoms with Crippen LogP contribution in [0.3, 0.4) is 0 Å². The Morgan fingerprint density at radius 3 is 1.74 bits per heavy atom. The first kappa shape index (κ1) is 29.8. The van der Waals surface area contributed by atoms with Crippen LogP contribution in [0, 0.1) is 0 Å². The van der Waals surface area contributed by atoms with Crippen molar-refractivity contribution in [1.29, 1.82) is 0 Å². The van der Waals surface area contributed by atoms with Crippen molar-refractivity contribution < 1.29 is 0 Å². The molecule has 2 aromatic heterocycles. The summed E-state index contributed by atoms with van der Waals surface area (Å²) in [7, 11) is 0. The van der Waals surface area contributed by atoms with E-state index >= 15 is 0 Å². The van der Waals surface area contributed by atoms with Crippen molar-refractivity contribution in [3.8, 4) is 61.3 Å². The third-order valence-electron chi connectivity index (χ3n) is 11.6. The van der Waals surface area contributed by atoms with Crippen molar-refractivity contribution in [2.45, 2.75) is 0 Å². The van der Waals surface area contributed by atoms with Gasteiger partial charge in [0.1, 0.15) is 0 Å². The predicted molar refractivity (Wildman–Crippen MR) is 232 cm³/mol. The molecule has 0 N–H and O–H groups in total. The number of rotatable bonds is 4. The number of benzene rings is 9. The predicted octanol–water partition coefficient (Wildman–Crippen LogP) is 15.0. The molecule has 0 saturated carbocycles. The molecule has 2 heterocycles. The second kappa shape index (κ2) is 11.4. The van der Waals surface area contributed by atoms with Crippen LogP contribution in [0.1, 0.15) is 0 Å². The minimum absolute atomic E-state index is 1.21. The van der Waals surface area contributed by atoms with Crippen LogP contribution in [0.5, 0.6) is 0 Å². The maximum Gasteiger partial charge on any atom is 0.0541 e. The van der Waals surface area contributed by atoms with Crippen LogP contribution in [-0.2, 0) is 0 Å². The van der Waals surface area contributed by atoms with E-state index in [0.717, 1.165) is 0 Å². The first-order valence-electron chi connectivity index (χ1n) is 18.6. The van der Waals surface area contributed by atoms with E-state index in [9.17, 15) is 0 Å². The second-order valence-corrected chi connectivity index (χ2v) is 15.5. The van der Waals surface area contributed by atoms with Gasteiger partial charge in [0.15, 0.2) is 0 Å². The molecule has 11 aromatic rings. The maximum absolute atomic E-state index is 2.48. The van der Waals surface area contributed by atoms with Gasteiger partial charge in [-0.15, -0.1) is 11.3 Å². The lowest BCUT2D eigenvalue weighted by Crippen LogP contribution is -1.95. The highest BCUT2D eigenvalue weighted by Crippen LogP contribution is 2.50. The minimum atomic E-state index is 1.21. The quantitative estimate of drug-likeness (QED) is 0.172. The van der Waals surface area contributed by atoms with Crippen LogP contribution in [0.25, 0.3) is 114 Å². The molecule has 54 heavy (non-hydrogen) atoms. The molecule has 0 saturated heterocycles. The molecule has 0 spiro atoms. The number of hydrogen-bond acceptors (Lipinski definition) is 1. The first-order valence-corrected chi connectivity index (χ1v) is 19.4. The molecule has 0 bridgehead atoms. The molecule has 1 aliphatic carbocycles. The van der Waals surface area contributed by atoms with Gasteiger partial charge in [0.05, 0.1) is 16.7 Å². The Kier molecular flexibility index (Phi) is 6.28. The van der Waals surface area contributed by atoms with Crippen molar-refractivity contribution >= 4 is 64.1 Å². The highest BCUT2D eigenvalue weighted by Gasteiger charge is 2.24. The van der Waals surface area contributed by atoms with Crippen molar-refractivity contribution in [1.82, 2.24) is 4.57 Å². The van der Waals surface area contributed by atoms with E-state index in [0.29, 0.717) is 0 Å². The molecular formula is C52H31NS. The van der Waals surface area contributed by atoms with Crippen LogP contribution in [0.15, 0.2) is 188 Å². The summed E-state index contributed by atoms with van der Waals surface area (Å²) in [5.74, 6) is 0. The Balaban J connectivity index is 0.988. The molecule has 12 rings (SSSR count). The largest absolute Gasteiger partial charge is 0.309 e. The van der Waals surface area contributed by atoms with Crippen LogP contribution in [0.2, 0.25) is 0 Å². The zero-order valence-corrected chi connectivity index (χ0v) is 30.1. The van der Waals surface area contributed by atoms with E-state index in [1.54, 1.807) is 0 Å². The molecule has 0 amide bonds. The molecule has 250 valence electrons. The molecule has 1 aliphatic rings. The second-order valence-electron chi connectivity index (χ2n) is 14.5. The van der Waals surface area contributed by atoms with Crippen molar-refractivity contribution in [3.63, 3.8) is 0 Å². The number of para-hydroxylation sites is 1. The molecule has 1 nitrogen and oxygen atoms in total. The molecule has 0 aliphatic heterocycles. The summed E-state index contributed by atoms with van der Waals surface area (Å²) < 4.78 is 5.15. The summed E-state index contributed by atoms with van der Waals surface area (Å²) in [5.41, 5.74) is 16.3. The monoisotopic (exact) mass is 701 g/mol. The van der Waals surface area contributed by atoms with Crippen LogP contribution >= 0.6 is 11.3 Å². The summed E-state index contributed by atoms with van der Waals surface area (Å²) >= 11 is 1.87. The highest BCUT2D eigenvalue weighted by molar-refractivity contribution is 7.25. The third-order valence-corrected chi connectivity index (χ3v) is 12.7. The lowest BCUT2D eigenvalue weighted by atomic mass is 9.96. The van der Waals surface area contributed by atoms with E-state index in [4.69, 9.17) is 0 Å². The van der Waals surface area contributed by atoms with Crippen molar-refractivity contribution in [2.75, 3.05) is 0 Å². The normalized spacial score (nSPS) is 12.1. The lowest BCUT2D eigenvalue weighted by molar-refractivity contribution is 1.20. The molecule has 2 heteroatoms. The van der Waals surface area contributed by atoms with Gasteiger partial charge in [-0.05, 0) is 110 Å². The number of hydrogen-bond donors (Lipinski definition) is 0. The minimum Gasteiger partial charge on any atom is -0.309 e. The third kappa shape index (κ3) is 4.32.